The summed E-state index contributed by atoms with van der Waals surface area (Å²) in [6.07, 6.45) is 0. The normalized spacial score (nSPS) is 22.9. The molecule has 1 fully saturated rings. The lowest BCUT2D eigenvalue weighted by atomic mass is 9.71. The average Bonchev–Trinajstić information content (AvgIpc) is 1.85. The predicted octanol–water partition coefficient (Wildman–Crippen LogP) is -0.738. The molecule has 0 saturated carbocycles. The molecule has 1 aliphatic rings. The van der Waals surface area contributed by atoms with Gasteiger partial charge in [0.05, 0.1) is 0 Å². The van der Waals surface area contributed by atoms with Crippen LogP contribution in [-0.4, -0.2) is 25.9 Å². The molecule has 2 N–H and O–H groups in total. The molecule has 0 atom stereocenters. The zero-order valence-corrected chi connectivity index (χ0v) is 5.60. The van der Waals surface area contributed by atoms with Crippen molar-refractivity contribution in [3.63, 3.8) is 0 Å². The SMILES string of the molecule is CB1NB(C)N(C)N1. The van der Waals surface area contributed by atoms with E-state index < -0.39 is 0 Å². The van der Waals surface area contributed by atoms with Crippen LogP contribution in [0.3, 0.4) is 0 Å². The summed E-state index contributed by atoms with van der Waals surface area (Å²) < 4.78 is 0. The van der Waals surface area contributed by atoms with Crippen molar-refractivity contribution in [1.29, 1.82) is 0 Å². The van der Waals surface area contributed by atoms with E-state index >= 15 is 0 Å². The summed E-state index contributed by atoms with van der Waals surface area (Å²) in [5.41, 5.74) is 0. The highest BCUT2D eigenvalue weighted by atomic mass is 15.5. The van der Waals surface area contributed by atoms with Crippen LogP contribution in [0.4, 0.5) is 0 Å². The van der Waals surface area contributed by atoms with Crippen LogP contribution in [0.5, 0.6) is 0 Å². The second-order valence-electron chi connectivity index (χ2n) is 2.30. The fraction of sp³-hybridized carbons (Fsp3) is 1.00. The molecule has 0 radical (unpaired) electrons. The van der Waals surface area contributed by atoms with Crippen molar-refractivity contribution >= 4 is 14.0 Å². The van der Waals surface area contributed by atoms with E-state index in [-0.39, 0.29) is 0 Å². The number of hydrazine groups is 1. The van der Waals surface area contributed by atoms with Crippen LogP contribution >= 0.6 is 0 Å². The van der Waals surface area contributed by atoms with Crippen molar-refractivity contribution in [2.45, 2.75) is 13.6 Å². The molecule has 0 aromatic rings. The van der Waals surface area contributed by atoms with Gasteiger partial charge in [-0.1, -0.05) is 13.6 Å². The summed E-state index contributed by atoms with van der Waals surface area (Å²) in [4.78, 5) is 2.06. The maximum atomic E-state index is 3.28. The zero-order valence-electron chi connectivity index (χ0n) is 5.60. The summed E-state index contributed by atoms with van der Waals surface area (Å²) in [6.45, 7) is 5.11. The summed E-state index contributed by atoms with van der Waals surface area (Å²) in [5, 5.41) is 6.47. The van der Waals surface area contributed by atoms with Crippen LogP contribution in [0.15, 0.2) is 0 Å². The van der Waals surface area contributed by atoms with E-state index in [4.69, 9.17) is 0 Å². The third kappa shape index (κ3) is 1.05. The summed E-state index contributed by atoms with van der Waals surface area (Å²) >= 11 is 0. The van der Waals surface area contributed by atoms with Crippen molar-refractivity contribution < 1.29 is 0 Å². The standard InChI is InChI=1S/C3H11B2N3/c1-4-6-5(2)8(3)7-4/h6-7H,1-3H3. The van der Waals surface area contributed by atoms with E-state index in [0.717, 1.165) is 0 Å². The van der Waals surface area contributed by atoms with Crippen LogP contribution in [-0.2, 0) is 0 Å². The van der Waals surface area contributed by atoms with Gasteiger partial charge in [0.1, 0.15) is 0 Å². The molecule has 0 bridgehead atoms. The molecule has 5 heteroatoms. The molecule has 1 heterocycles. The smallest absolute Gasteiger partial charge is 0.307 e. The van der Waals surface area contributed by atoms with Crippen molar-refractivity contribution in [1.82, 2.24) is 15.4 Å². The maximum Gasteiger partial charge on any atom is 0.307 e. The molecule has 1 saturated heterocycles. The minimum absolute atomic E-state index is 0.426. The Kier molecular flexibility index (Phi) is 1.60. The fourth-order valence-corrected chi connectivity index (χ4v) is 0.928. The van der Waals surface area contributed by atoms with E-state index in [2.05, 4.69) is 29.0 Å². The second-order valence-corrected chi connectivity index (χ2v) is 2.30. The van der Waals surface area contributed by atoms with Gasteiger partial charge in [-0.2, -0.15) is 0 Å². The molecule has 0 amide bonds. The summed E-state index contributed by atoms with van der Waals surface area (Å²) in [7, 11) is 2.03. The van der Waals surface area contributed by atoms with Crippen molar-refractivity contribution in [2.75, 3.05) is 7.05 Å². The van der Waals surface area contributed by atoms with E-state index in [1.165, 1.54) is 0 Å². The molecule has 0 spiro atoms. The highest BCUT2D eigenvalue weighted by Crippen LogP contribution is 1.90. The van der Waals surface area contributed by atoms with Crippen LogP contribution < -0.4 is 10.5 Å². The first-order valence-corrected chi connectivity index (χ1v) is 2.95. The van der Waals surface area contributed by atoms with Crippen LogP contribution in [0.1, 0.15) is 0 Å². The van der Waals surface area contributed by atoms with Crippen LogP contribution in [0.25, 0.3) is 0 Å². The molecular formula is C3H11B2N3. The van der Waals surface area contributed by atoms with Crippen molar-refractivity contribution in [2.24, 2.45) is 0 Å². The topological polar surface area (TPSA) is 27.3 Å². The van der Waals surface area contributed by atoms with Gasteiger partial charge in [-0.3, -0.25) is 10.3 Å². The molecular weight excluding hydrogens is 99.7 g/mol. The number of rotatable bonds is 0. The van der Waals surface area contributed by atoms with E-state index in [9.17, 15) is 0 Å². The monoisotopic (exact) mass is 111 g/mol. The van der Waals surface area contributed by atoms with Gasteiger partial charge in [-0.05, 0) is 7.05 Å². The average molecular weight is 111 g/mol. The third-order valence-corrected chi connectivity index (χ3v) is 1.47. The third-order valence-electron chi connectivity index (χ3n) is 1.47. The molecule has 0 aromatic heterocycles. The Hall–Kier alpha value is 0.00987. The predicted molar refractivity (Wildman–Crippen MR) is 37.3 cm³/mol. The van der Waals surface area contributed by atoms with Gasteiger partial charge in [0, 0.05) is 0 Å². The van der Waals surface area contributed by atoms with Gasteiger partial charge < -0.3 is 5.14 Å². The first kappa shape index (κ1) is 6.13. The van der Waals surface area contributed by atoms with Crippen LogP contribution in [0.2, 0.25) is 13.6 Å². The lowest BCUT2D eigenvalue weighted by molar-refractivity contribution is 0.501. The van der Waals surface area contributed by atoms with Gasteiger partial charge in [-0.25, -0.2) is 0 Å². The Balaban J connectivity index is 2.39. The maximum absolute atomic E-state index is 3.28. The number of hydrogen-bond donors (Lipinski definition) is 2. The molecule has 0 aliphatic carbocycles. The minimum atomic E-state index is 0.426. The quantitative estimate of drug-likeness (QED) is 0.403. The first-order valence-electron chi connectivity index (χ1n) is 2.95. The molecule has 0 unspecified atom stereocenters. The Morgan fingerprint density at radius 1 is 1.38 bits per heavy atom. The molecule has 1 rings (SSSR count). The highest BCUT2D eigenvalue weighted by Gasteiger charge is 2.27. The van der Waals surface area contributed by atoms with Crippen molar-refractivity contribution in [3.8, 4) is 0 Å². The van der Waals surface area contributed by atoms with Crippen molar-refractivity contribution in [3.05, 3.63) is 0 Å². The lowest BCUT2D eigenvalue weighted by Crippen LogP contribution is -2.37. The van der Waals surface area contributed by atoms with Gasteiger partial charge >= 0.3 is 14.0 Å². The number of nitrogens with one attached hydrogen (secondary N) is 2. The second kappa shape index (κ2) is 2.09. The summed E-state index contributed by atoms with van der Waals surface area (Å²) in [6, 6.07) is 0. The van der Waals surface area contributed by atoms with E-state index in [1.54, 1.807) is 0 Å². The molecule has 1 aliphatic heterocycles. The van der Waals surface area contributed by atoms with Gasteiger partial charge in [0.2, 0.25) is 0 Å². The lowest BCUT2D eigenvalue weighted by Gasteiger charge is -2.09. The molecule has 8 heavy (non-hydrogen) atoms. The number of hydrogen-bond acceptors (Lipinski definition) is 3. The van der Waals surface area contributed by atoms with Gasteiger partial charge in [0.25, 0.3) is 0 Å². The first-order chi connectivity index (χ1) is 3.70. The zero-order chi connectivity index (χ0) is 6.15. The molecule has 3 nitrogen and oxygen atoms in total. The van der Waals surface area contributed by atoms with Gasteiger partial charge in [-0.15, -0.1) is 0 Å². The molecule has 44 valence electrons. The fourth-order valence-electron chi connectivity index (χ4n) is 0.928. The van der Waals surface area contributed by atoms with Gasteiger partial charge in [0.15, 0.2) is 0 Å². The number of nitrogens with zero attached hydrogens (tertiary/aromatic N) is 1. The Morgan fingerprint density at radius 2 is 2.00 bits per heavy atom. The van der Waals surface area contributed by atoms with Crippen LogP contribution in [0, 0.1) is 0 Å². The molecule has 0 aromatic carbocycles. The Bertz CT molecular complexity index is 78.6. The highest BCUT2D eigenvalue weighted by molar-refractivity contribution is 6.72. The largest absolute Gasteiger partial charge is 0.369 e. The Morgan fingerprint density at radius 3 is 2.12 bits per heavy atom. The Labute approximate surface area is 51.0 Å². The minimum Gasteiger partial charge on any atom is -0.369 e. The summed E-state index contributed by atoms with van der Waals surface area (Å²) in [5.74, 6) is 0. The van der Waals surface area contributed by atoms with E-state index in [0.29, 0.717) is 14.0 Å². The van der Waals surface area contributed by atoms with E-state index in [1.807, 2.05) is 7.05 Å².